The molecule has 0 amide bonds. The summed E-state index contributed by atoms with van der Waals surface area (Å²) in [5.41, 5.74) is 11.5. The van der Waals surface area contributed by atoms with Gasteiger partial charge in [-0.05, 0) is 63.4 Å². The van der Waals surface area contributed by atoms with E-state index in [1.807, 2.05) is 30.3 Å². The van der Waals surface area contributed by atoms with Crippen molar-refractivity contribution >= 4 is 0 Å². The van der Waals surface area contributed by atoms with Crippen molar-refractivity contribution in [2.24, 2.45) is 0 Å². The first-order valence-electron chi connectivity index (χ1n) is 21.0. The lowest BCUT2D eigenvalue weighted by Gasteiger charge is -2.34. The summed E-state index contributed by atoms with van der Waals surface area (Å²) < 4.78 is 8.60. The summed E-state index contributed by atoms with van der Waals surface area (Å²) in [5, 5.41) is 20.0. The van der Waals surface area contributed by atoms with E-state index in [1.54, 1.807) is 4.80 Å². The van der Waals surface area contributed by atoms with Gasteiger partial charge < -0.3 is 4.74 Å². The van der Waals surface area contributed by atoms with Crippen LogP contribution in [0.4, 0.5) is 0 Å². The van der Waals surface area contributed by atoms with Crippen LogP contribution in [0.3, 0.4) is 0 Å². The molecule has 7 heteroatoms. The fraction of sp³-hybridized carbons (Fsp3) is 0.231. The third-order valence-corrected chi connectivity index (χ3v) is 11.2. The molecule has 59 heavy (non-hydrogen) atoms. The molecule has 0 atom stereocenters. The highest BCUT2D eigenvalue weighted by Crippen LogP contribution is 2.40. The molecule has 0 bridgehead atoms. The number of hydrogen-bond donors (Lipinski definition) is 0. The first-order valence-corrected chi connectivity index (χ1v) is 21.0. The minimum absolute atomic E-state index is 0.534. The van der Waals surface area contributed by atoms with Gasteiger partial charge in [0.2, 0.25) is 5.82 Å². The van der Waals surface area contributed by atoms with Crippen LogP contribution >= 0.6 is 0 Å². The van der Waals surface area contributed by atoms with Gasteiger partial charge in [0.05, 0.1) is 24.6 Å². The van der Waals surface area contributed by atoms with E-state index in [9.17, 15) is 0 Å². The van der Waals surface area contributed by atoms with E-state index in [2.05, 4.69) is 158 Å². The normalized spacial score (nSPS) is 11.6. The van der Waals surface area contributed by atoms with Gasteiger partial charge in [-0.15, -0.1) is 15.0 Å². The first-order chi connectivity index (χ1) is 29.2. The van der Waals surface area contributed by atoms with Crippen molar-refractivity contribution in [1.82, 2.24) is 30.0 Å². The Labute approximate surface area is 348 Å². The first kappa shape index (κ1) is 39.4. The summed E-state index contributed by atoms with van der Waals surface area (Å²) in [6, 6.07) is 59.1. The predicted octanol–water partition coefficient (Wildman–Crippen LogP) is 11.5. The smallest absolute Gasteiger partial charge is 0.205 e. The Morgan fingerprint density at radius 2 is 1.10 bits per heavy atom. The lowest BCUT2D eigenvalue weighted by Crippen LogP contribution is -2.39. The van der Waals surface area contributed by atoms with Crippen LogP contribution in [0.1, 0.15) is 84.3 Å². The molecule has 0 aliphatic rings. The molecule has 8 rings (SSSR count). The topological polar surface area (TPSA) is 70.7 Å². The van der Waals surface area contributed by atoms with E-state index >= 15 is 0 Å². The van der Waals surface area contributed by atoms with Crippen molar-refractivity contribution in [3.63, 3.8) is 0 Å². The molecule has 0 fully saturated rings. The van der Waals surface area contributed by atoms with Gasteiger partial charge >= 0.3 is 0 Å². The van der Waals surface area contributed by atoms with E-state index < -0.39 is 5.54 Å². The van der Waals surface area contributed by atoms with Gasteiger partial charge in [0, 0.05) is 24.1 Å². The molecule has 2 heterocycles. The second kappa shape index (κ2) is 18.9. The molecule has 7 nitrogen and oxygen atoms in total. The average molecular weight is 777 g/mol. The lowest BCUT2D eigenvalue weighted by atomic mass is 9.77. The number of ether oxygens (including phenoxy) is 1. The fourth-order valence-corrected chi connectivity index (χ4v) is 8.12. The monoisotopic (exact) mass is 776 g/mol. The van der Waals surface area contributed by atoms with Crippen LogP contribution in [-0.4, -0.2) is 30.0 Å². The maximum Gasteiger partial charge on any atom is 0.205 e. The highest BCUT2D eigenvalue weighted by molar-refractivity contribution is 5.80. The predicted molar refractivity (Wildman–Crippen MR) is 237 cm³/mol. The van der Waals surface area contributed by atoms with E-state index in [0.717, 1.165) is 78.5 Å². The Bertz CT molecular complexity index is 2420. The van der Waals surface area contributed by atoms with Crippen LogP contribution < -0.4 is 0 Å². The summed E-state index contributed by atoms with van der Waals surface area (Å²) in [6.07, 6.45) is 6.21. The average Bonchev–Trinajstić information content (AvgIpc) is 3.92. The summed E-state index contributed by atoms with van der Waals surface area (Å²) in [6.45, 7) is 6.49. The molecule has 0 spiro atoms. The van der Waals surface area contributed by atoms with Gasteiger partial charge in [-0.2, -0.15) is 5.10 Å². The van der Waals surface area contributed by atoms with Crippen molar-refractivity contribution in [3.05, 3.63) is 215 Å². The molecule has 0 unspecified atom stereocenters. The zero-order valence-corrected chi connectivity index (χ0v) is 34.1. The number of hydrogen-bond acceptors (Lipinski definition) is 5. The van der Waals surface area contributed by atoms with Crippen LogP contribution in [0, 0.1) is 0 Å². The molecular weight excluding hydrogens is 725 g/mol. The zero-order chi connectivity index (χ0) is 40.3. The van der Waals surface area contributed by atoms with Crippen molar-refractivity contribution in [1.29, 1.82) is 0 Å². The van der Waals surface area contributed by atoms with Crippen molar-refractivity contribution in [2.75, 3.05) is 0 Å². The third kappa shape index (κ3) is 8.57. The van der Waals surface area contributed by atoms with E-state index in [1.165, 1.54) is 28.1 Å². The lowest BCUT2D eigenvalue weighted by molar-refractivity contribution is 0.101. The van der Waals surface area contributed by atoms with Gasteiger partial charge in [-0.25, -0.2) is 0 Å². The molecule has 0 saturated heterocycles. The molecular formula is C52H52N6O. The molecule has 0 saturated carbocycles. The zero-order valence-electron chi connectivity index (χ0n) is 34.1. The molecule has 0 aliphatic heterocycles. The van der Waals surface area contributed by atoms with Crippen LogP contribution in [0.2, 0.25) is 0 Å². The number of unbranched alkanes of at least 4 members (excludes halogenated alkanes) is 2. The Morgan fingerprint density at radius 3 is 1.69 bits per heavy atom. The molecule has 0 N–H and O–H groups in total. The summed E-state index contributed by atoms with van der Waals surface area (Å²) >= 11 is 0. The van der Waals surface area contributed by atoms with Crippen molar-refractivity contribution < 1.29 is 4.74 Å². The largest absolute Gasteiger partial charge is 0.370 e. The molecule has 8 aromatic rings. The molecule has 0 radical (unpaired) electrons. The molecule has 2 aromatic heterocycles. The van der Waals surface area contributed by atoms with E-state index in [4.69, 9.17) is 25.2 Å². The van der Waals surface area contributed by atoms with Crippen molar-refractivity contribution in [3.8, 4) is 22.5 Å². The number of aromatic nitrogens is 6. The van der Waals surface area contributed by atoms with Gasteiger partial charge in [-0.3, -0.25) is 4.68 Å². The van der Waals surface area contributed by atoms with Crippen LogP contribution in [0.25, 0.3) is 22.5 Å². The van der Waals surface area contributed by atoms with Crippen LogP contribution in [0.15, 0.2) is 170 Å². The van der Waals surface area contributed by atoms with Gasteiger partial charge in [-0.1, -0.05) is 197 Å². The Hall–Kier alpha value is -6.44. The van der Waals surface area contributed by atoms with Gasteiger partial charge in [0.25, 0.3) is 0 Å². The van der Waals surface area contributed by atoms with Gasteiger partial charge in [0.1, 0.15) is 0 Å². The Morgan fingerprint density at radius 1 is 0.542 bits per heavy atom. The van der Waals surface area contributed by atoms with E-state index in [0.29, 0.717) is 19.0 Å². The second-order valence-electron chi connectivity index (χ2n) is 15.2. The molecule has 296 valence electrons. The summed E-state index contributed by atoms with van der Waals surface area (Å²) in [7, 11) is 0. The number of rotatable bonds is 18. The molecule has 0 aliphatic carbocycles. The minimum atomic E-state index is -0.850. The standard InChI is InChI=1S/C52H52N6O/c1-3-5-31-49-48(50(57(54-49)36-6-4-2)39-59-38-41-21-11-7-12-22-41)37-40-32-34-42(35-33-40)46-29-19-20-30-47(46)51-53-56-58(55-51)52(43-23-13-8-14-24-43,44-25-15-9-16-26-44)45-27-17-10-18-28-45/h7-30,32-35H,3-6,31,36-39H2,1-2H3. The molecule has 6 aromatic carbocycles. The quantitative estimate of drug-likeness (QED) is 0.0812. The number of tetrazole rings is 1. The third-order valence-electron chi connectivity index (χ3n) is 11.2. The fourth-order valence-electron chi connectivity index (χ4n) is 8.12. The maximum absolute atomic E-state index is 6.37. The number of aryl methyl sites for hydroxylation is 2. The van der Waals surface area contributed by atoms with E-state index in [-0.39, 0.29) is 0 Å². The maximum atomic E-state index is 6.37. The number of nitrogens with zero attached hydrogens (tertiary/aromatic N) is 6. The summed E-state index contributed by atoms with van der Waals surface area (Å²) in [4.78, 5) is 1.79. The summed E-state index contributed by atoms with van der Waals surface area (Å²) in [5.74, 6) is 0.567. The highest BCUT2D eigenvalue weighted by atomic mass is 16.5. The minimum Gasteiger partial charge on any atom is -0.370 e. The van der Waals surface area contributed by atoms with Gasteiger partial charge in [0.15, 0.2) is 5.54 Å². The van der Waals surface area contributed by atoms with Crippen LogP contribution in [-0.2, 0) is 42.9 Å². The highest BCUT2D eigenvalue weighted by Gasteiger charge is 2.41. The SMILES string of the molecule is CCCCc1nn(CCCC)c(COCc2ccccc2)c1Cc1ccc(-c2ccccc2-c2nnn(C(c3ccccc3)(c3ccccc3)c3ccccc3)n2)cc1. The Balaban J connectivity index is 1.12. The second-order valence-corrected chi connectivity index (χ2v) is 15.2. The number of benzene rings is 6. The van der Waals surface area contributed by atoms with Crippen LogP contribution in [0.5, 0.6) is 0 Å². The Kier molecular flexibility index (Phi) is 12.6. The van der Waals surface area contributed by atoms with Crippen molar-refractivity contribution in [2.45, 2.75) is 77.7 Å².